The van der Waals surface area contributed by atoms with Crippen LogP contribution in [0.2, 0.25) is 0 Å². The minimum absolute atomic E-state index is 0.168. The van der Waals surface area contributed by atoms with Crippen LogP contribution in [0.25, 0.3) is 0 Å². The van der Waals surface area contributed by atoms with Gasteiger partial charge in [0, 0.05) is 5.69 Å². The van der Waals surface area contributed by atoms with Crippen molar-refractivity contribution in [1.82, 2.24) is 15.5 Å². The first-order valence-electron chi connectivity index (χ1n) is 5.86. The van der Waals surface area contributed by atoms with Gasteiger partial charge in [-0.15, -0.1) is 0 Å². The van der Waals surface area contributed by atoms with Crippen molar-refractivity contribution >= 4 is 11.7 Å². The van der Waals surface area contributed by atoms with Crippen molar-refractivity contribution in [2.24, 2.45) is 0 Å². The Labute approximate surface area is 110 Å². The Bertz CT molecular complexity index is 572. The van der Waals surface area contributed by atoms with Gasteiger partial charge in [0.15, 0.2) is 5.82 Å². The van der Waals surface area contributed by atoms with Crippen LogP contribution in [-0.4, -0.2) is 16.1 Å². The van der Waals surface area contributed by atoms with E-state index in [4.69, 9.17) is 5.73 Å². The molecule has 6 heteroatoms. The van der Waals surface area contributed by atoms with E-state index in [1.165, 1.54) is 12.1 Å². The number of aromatic nitrogens is 2. The quantitative estimate of drug-likeness (QED) is 0.790. The molecule has 0 aliphatic carbocycles. The Kier molecular flexibility index (Phi) is 3.50. The molecule has 5 nitrogen and oxygen atoms in total. The summed E-state index contributed by atoms with van der Waals surface area (Å²) in [6.45, 7) is 3.54. The summed E-state index contributed by atoms with van der Waals surface area (Å²) in [6, 6.07) is 5.73. The normalized spacial score (nSPS) is 12.2. The second-order valence-corrected chi connectivity index (χ2v) is 4.36. The summed E-state index contributed by atoms with van der Waals surface area (Å²) < 4.78 is 12.8. The van der Waals surface area contributed by atoms with Gasteiger partial charge in [-0.1, -0.05) is 12.1 Å². The second-order valence-electron chi connectivity index (χ2n) is 4.36. The van der Waals surface area contributed by atoms with Gasteiger partial charge in [0.25, 0.3) is 5.91 Å². The summed E-state index contributed by atoms with van der Waals surface area (Å²) in [5.74, 6) is -0.445. The number of carbonyl (C=O) groups is 1. The molecule has 1 heterocycles. The molecule has 1 atom stereocenters. The van der Waals surface area contributed by atoms with Gasteiger partial charge in [-0.2, -0.15) is 5.10 Å². The van der Waals surface area contributed by atoms with Crippen molar-refractivity contribution in [2.45, 2.75) is 19.9 Å². The van der Waals surface area contributed by atoms with Gasteiger partial charge >= 0.3 is 0 Å². The van der Waals surface area contributed by atoms with E-state index < -0.39 is 0 Å². The molecule has 0 spiro atoms. The van der Waals surface area contributed by atoms with Gasteiger partial charge in [0.2, 0.25) is 0 Å². The molecule has 0 fully saturated rings. The van der Waals surface area contributed by atoms with Gasteiger partial charge < -0.3 is 11.1 Å². The number of amides is 1. The van der Waals surface area contributed by atoms with E-state index in [9.17, 15) is 9.18 Å². The van der Waals surface area contributed by atoms with E-state index in [-0.39, 0.29) is 23.6 Å². The zero-order valence-corrected chi connectivity index (χ0v) is 10.7. The Morgan fingerprint density at radius 3 is 2.58 bits per heavy atom. The fourth-order valence-corrected chi connectivity index (χ4v) is 1.84. The Hall–Kier alpha value is -2.37. The van der Waals surface area contributed by atoms with E-state index in [0.29, 0.717) is 11.3 Å². The molecule has 1 unspecified atom stereocenters. The maximum atomic E-state index is 12.8. The number of halogens is 1. The third-order valence-electron chi connectivity index (χ3n) is 2.92. The second kappa shape index (κ2) is 5.09. The standard InChI is InChI=1S/C13H15FN4O/c1-7(9-3-5-10(14)6-4-9)16-13(19)11-8(2)17-18-12(11)15/h3-7H,1-2H3,(H,16,19)(H3,15,17,18). The summed E-state index contributed by atoms with van der Waals surface area (Å²) >= 11 is 0. The number of aryl methyl sites for hydroxylation is 1. The molecular weight excluding hydrogens is 247 g/mol. The zero-order chi connectivity index (χ0) is 14.0. The lowest BCUT2D eigenvalue weighted by Crippen LogP contribution is -2.27. The van der Waals surface area contributed by atoms with Crippen molar-refractivity contribution in [1.29, 1.82) is 0 Å². The molecule has 0 saturated carbocycles. The van der Waals surface area contributed by atoms with E-state index in [0.717, 1.165) is 5.56 Å². The highest BCUT2D eigenvalue weighted by Gasteiger charge is 2.18. The molecule has 0 bridgehead atoms. The number of carbonyl (C=O) groups excluding carboxylic acids is 1. The third kappa shape index (κ3) is 2.73. The van der Waals surface area contributed by atoms with Crippen molar-refractivity contribution in [3.05, 3.63) is 46.9 Å². The lowest BCUT2D eigenvalue weighted by Gasteiger charge is -2.14. The van der Waals surface area contributed by atoms with Gasteiger partial charge in [0.1, 0.15) is 11.4 Å². The van der Waals surface area contributed by atoms with Crippen LogP contribution in [0.1, 0.15) is 34.6 Å². The smallest absolute Gasteiger partial charge is 0.257 e. The topological polar surface area (TPSA) is 83.8 Å². The van der Waals surface area contributed by atoms with Crippen LogP contribution < -0.4 is 11.1 Å². The van der Waals surface area contributed by atoms with Crippen LogP contribution >= 0.6 is 0 Å². The number of anilines is 1. The minimum atomic E-state index is -0.308. The summed E-state index contributed by atoms with van der Waals surface area (Å²) in [7, 11) is 0. The minimum Gasteiger partial charge on any atom is -0.382 e. The number of rotatable bonds is 3. The molecule has 0 saturated heterocycles. The number of hydrogen-bond donors (Lipinski definition) is 3. The van der Waals surface area contributed by atoms with Crippen LogP contribution in [0, 0.1) is 12.7 Å². The zero-order valence-electron chi connectivity index (χ0n) is 10.7. The number of benzene rings is 1. The molecule has 4 N–H and O–H groups in total. The Morgan fingerprint density at radius 2 is 2.05 bits per heavy atom. The number of nitrogen functional groups attached to an aromatic ring is 1. The van der Waals surface area contributed by atoms with Crippen molar-refractivity contribution < 1.29 is 9.18 Å². The van der Waals surface area contributed by atoms with Crippen LogP contribution in [-0.2, 0) is 0 Å². The van der Waals surface area contributed by atoms with Crippen LogP contribution in [0.4, 0.5) is 10.2 Å². The molecule has 2 aromatic rings. The fraction of sp³-hybridized carbons (Fsp3) is 0.231. The maximum Gasteiger partial charge on any atom is 0.257 e. The number of nitrogens with zero attached hydrogens (tertiary/aromatic N) is 1. The molecule has 19 heavy (non-hydrogen) atoms. The average molecular weight is 262 g/mol. The predicted octanol–water partition coefficient (Wildman–Crippen LogP) is 1.93. The van der Waals surface area contributed by atoms with E-state index in [2.05, 4.69) is 15.5 Å². The van der Waals surface area contributed by atoms with Crippen molar-refractivity contribution in [2.75, 3.05) is 5.73 Å². The molecule has 1 aromatic carbocycles. The molecule has 1 aromatic heterocycles. The van der Waals surface area contributed by atoms with Gasteiger partial charge in [-0.05, 0) is 31.5 Å². The van der Waals surface area contributed by atoms with E-state index in [1.54, 1.807) is 19.1 Å². The van der Waals surface area contributed by atoms with Crippen molar-refractivity contribution in [3.8, 4) is 0 Å². The predicted molar refractivity (Wildman–Crippen MR) is 70.0 cm³/mol. The van der Waals surface area contributed by atoms with E-state index >= 15 is 0 Å². The third-order valence-corrected chi connectivity index (χ3v) is 2.92. The first-order valence-corrected chi connectivity index (χ1v) is 5.86. The molecular formula is C13H15FN4O. The first-order chi connectivity index (χ1) is 8.99. The van der Waals surface area contributed by atoms with Gasteiger partial charge in [-0.3, -0.25) is 9.89 Å². The molecule has 2 rings (SSSR count). The molecule has 0 radical (unpaired) electrons. The number of hydrogen-bond acceptors (Lipinski definition) is 3. The summed E-state index contributed by atoms with van der Waals surface area (Å²) in [4.78, 5) is 12.1. The van der Waals surface area contributed by atoms with E-state index in [1.807, 2.05) is 6.92 Å². The Morgan fingerprint density at radius 1 is 1.42 bits per heavy atom. The summed E-state index contributed by atoms with van der Waals surface area (Å²) in [5.41, 5.74) is 7.39. The molecule has 0 aliphatic heterocycles. The fourth-order valence-electron chi connectivity index (χ4n) is 1.84. The van der Waals surface area contributed by atoms with Crippen LogP contribution in [0.15, 0.2) is 24.3 Å². The first kappa shape index (κ1) is 13.1. The summed E-state index contributed by atoms with van der Waals surface area (Å²) in [6.07, 6.45) is 0. The largest absolute Gasteiger partial charge is 0.382 e. The SMILES string of the molecule is Cc1[nH]nc(N)c1C(=O)NC(C)c1ccc(F)cc1. The Balaban J connectivity index is 2.13. The monoisotopic (exact) mass is 262 g/mol. The maximum absolute atomic E-state index is 12.8. The highest BCUT2D eigenvalue weighted by molar-refractivity contribution is 5.99. The van der Waals surface area contributed by atoms with Crippen molar-refractivity contribution in [3.63, 3.8) is 0 Å². The molecule has 0 aliphatic rings. The highest BCUT2D eigenvalue weighted by Crippen LogP contribution is 2.16. The lowest BCUT2D eigenvalue weighted by molar-refractivity contribution is 0.0940. The number of nitrogens with one attached hydrogen (secondary N) is 2. The van der Waals surface area contributed by atoms with Gasteiger partial charge in [0.05, 0.1) is 6.04 Å². The average Bonchev–Trinajstić information content (AvgIpc) is 2.69. The lowest BCUT2D eigenvalue weighted by atomic mass is 10.1. The highest BCUT2D eigenvalue weighted by atomic mass is 19.1. The van der Waals surface area contributed by atoms with Crippen LogP contribution in [0.3, 0.4) is 0 Å². The summed E-state index contributed by atoms with van der Waals surface area (Å²) in [5, 5.41) is 9.22. The van der Waals surface area contributed by atoms with Gasteiger partial charge in [-0.25, -0.2) is 4.39 Å². The number of aromatic amines is 1. The van der Waals surface area contributed by atoms with Crippen LogP contribution in [0.5, 0.6) is 0 Å². The number of nitrogens with two attached hydrogens (primary N) is 1. The molecule has 100 valence electrons. The molecule has 1 amide bonds. The number of H-pyrrole nitrogens is 1.